The van der Waals surface area contributed by atoms with Gasteiger partial charge in [-0.15, -0.1) is 0 Å². The summed E-state index contributed by atoms with van der Waals surface area (Å²) in [5.74, 6) is -0.432. The first-order valence-electron chi connectivity index (χ1n) is 4.36. The maximum Gasteiger partial charge on any atom is 0.165 e. The Balaban J connectivity index is 2.88. The lowest BCUT2D eigenvalue weighted by Gasteiger charge is -2.09. The van der Waals surface area contributed by atoms with Crippen molar-refractivity contribution in [3.63, 3.8) is 0 Å². The van der Waals surface area contributed by atoms with Crippen LogP contribution in [-0.2, 0) is 0 Å². The summed E-state index contributed by atoms with van der Waals surface area (Å²) >= 11 is 0. The van der Waals surface area contributed by atoms with E-state index in [0.29, 0.717) is 5.56 Å². The van der Waals surface area contributed by atoms with E-state index in [-0.39, 0.29) is 18.7 Å². The molecule has 1 aromatic carbocycles. The highest BCUT2D eigenvalue weighted by molar-refractivity contribution is 5.31. The van der Waals surface area contributed by atoms with Gasteiger partial charge in [0.25, 0.3) is 0 Å². The zero-order valence-electron chi connectivity index (χ0n) is 7.97. The summed E-state index contributed by atoms with van der Waals surface area (Å²) in [4.78, 5) is 0. The molecular formula is C10H13F2NO. The minimum absolute atomic E-state index is 0.0576. The largest absolute Gasteiger partial charge is 0.494 e. The second-order valence-corrected chi connectivity index (χ2v) is 2.94. The van der Waals surface area contributed by atoms with Crippen LogP contribution in [0, 0.1) is 5.82 Å². The Labute approximate surface area is 81.7 Å². The van der Waals surface area contributed by atoms with Crippen molar-refractivity contribution in [1.29, 1.82) is 0 Å². The number of halogens is 2. The molecule has 0 radical (unpaired) electrons. The van der Waals surface area contributed by atoms with Gasteiger partial charge in [-0.05, 0) is 30.7 Å². The van der Waals surface area contributed by atoms with Crippen LogP contribution < -0.4 is 10.5 Å². The van der Waals surface area contributed by atoms with E-state index in [0.717, 1.165) is 0 Å². The van der Waals surface area contributed by atoms with Crippen molar-refractivity contribution in [1.82, 2.24) is 0 Å². The summed E-state index contributed by atoms with van der Waals surface area (Å²) in [6.45, 7) is 0.265. The van der Waals surface area contributed by atoms with Crippen LogP contribution in [0.2, 0.25) is 0 Å². The third kappa shape index (κ3) is 2.42. The molecule has 0 saturated heterocycles. The molecule has 78 valence electrons. The molecule has 4 heteroatoms. The number of hydrogen-bond acceptors (Lipinski definition) is 2. The maximum absolute atomic E-state index is 13.3. The summed E-state index contributed by atoms with van der Waals surface area (Å²) in [6.07, 6.45) is -0.927. The number of alkyl halides is 1. The van der Waals surface area contributed by atoms with Crippen LogP contribution >= 0.6 is 0 Å². The quantitative estimate of drug-likeness (QED) is 0.810. The molecule has 0 spiro atoms. The van der Waals surface area contributed by atoms with Crippen molar-refractivity contribution in [3.8, 4) is 5.75 Å². The Morgan fingerprint density at radius 1 is 1.50 bits per heavy atom. The number of benzene rings is 1. The number of methoxy groups -OCH3 is 1. The molecular weight excluding hydrogens is 188 g/mol. The van der Waals surface area contributed by atoms with Crippen molar-refractivity contribution in [2.24, 2.45) is 5.73 Å². The van der Waals surface area contributed by atoms with E-state index < -0.39 is 12.0 Å². The topological polar surface area (TPSA) is 35.2 Å². The lowest BCUT2D eigenvalue weighted by atomic mass is 10.1. The van der Waals surface area contributed by atoms with Crippen molar-refractivity contribution in [2.45, 2.75) is 12.6 Å². The highest BCUT2D eigenvalue weighted by atomic mass is 19.1. The first kappa shape index (κ1) is 10.9. The van der Waals surface area contributed by atoms with Gasteiger partial charge in [-0.25, -0.2) is 8.78 Å². The molecule has 0 aliphatic rings. The van der Waals surface area contributed by atoms with Crippen molar-refractivity contribution in [2.75, 3.05) is 13.7 Å². The molecule has 0 heterocycles. The average molecular weight is 201 g/mol. The van der Waals surface area contributed by atoms with Crippen molar-refractivity contribution < 1.29 is 13.5 Å². The molecule has 1 aromatic rings. The minimum atomic E-state index is -1.16. The van der Waals surface area contributed by atoms with Gasteiger partial charge >= 0.3 is 0 Å². The van der Waals surface area contributed by atoms with E-state index in [1.54, 1.807) is 0 Å². The van der Waals surface area contributed by atoms with Gasteiger partial charge in [0.1, 0.15) is 6.17 Å². The van der Waals surface area contributed by atoms with E-state index in [1.807, 2.05) is 0 Å². The summed E-state index contributed by atoms with van der Waals surface area (Å²) in [5, 5.41) is 0. The van der Waals surface area contributed by atoms with Crippen LogP contribution in [0.5, 0.6) is 5.75 Å². The van der Waals surface area contributed by atoms with E-state index >= 15 is 0 Å². The lowest BCUT2D eigenvalue weighted by molar-refractivity contribution is 0.324. The van der Waals surface area contributed by atoms with Gasteiger partial charge in [-0.1, -0.05) is 6.07 Å². The first-order valence-corrected chi connectivity index (χ1v) is 4.36. The van der Waals surface area contributed by atoms with E-state index in [1.165, 1.54) is 25.3 Å². The fraction of sp³-hybridized carbons (Fsp3) is 0.400. The van der Waals surface area contributed by atoms with Crippen molar-refractivity contribution >= 4 is 0 Å². The van der Waals surface area contributed by atoms with E-state index in [2.05, 4.69) is 0 Å². The molecule has 2 N–H and O–H groups in total. The zero-order chi connectivity index (χ0) is 10.6. The normalized spacial score (nSPS) is 12.6. The van der Waals surface area contributed by atoms with E-state index in [4.69, 9.17) is 10.5 Å². The van der Waals surface area contributed by atoms with Gasteiger partial charge in [-0.3, -0.25) is 0 Å². The first-order chi connectivity index (χ1) is 6.69. The second kappa shape index (κ2) is 4.91. The molecule has 1 atom stereocenters. The maximum atomic E-state index is 13.3. The number of hydrogen-bond donors (Lipinski definition) is 1. The number of ether oxygens (including phenoxy) is 1. The van der Waals surface area contributed by atoms with Crippen LogP contribution in [0.15, 0.2) is 18.2 Å². The van der Waals surface area contributed by atoms with Crippen LogP contribution in [0.4, 0.5) is 8.78 Å². The lowest BCUT2D eigenvalue weighted by Crippen LogP contribution is -2.04. The van der Waals surface area contributed by atoms with Gasteiger partial charge in [0.05, 0.1) is 7.11 Å². The Kier molecular flexibility index (Phi) is 3.83. The SMILES string of the molecule is COc1cc(C(F)CCN)ccc1F. The highest BCUT2D eigenvalue weighted by Gasteiger charge is 2.11. The van der Waals surface area contributed by atoms with Gasteiger partial charge in [0.2, 0.25) is 0 Å². The second-order valence-electron chi connectivity index (χ2n) is 2.94. The summed E-state index contributed by atoms with van der Waals surface area (Å²) in [7, 11) is 1.35. The smallest absolute Gasteiger partial charge is 0.165 e. The van der Waals surface area contributed by atoms with Gasteiger partial charge in [0.15, 0.2) is 11.6 Å². The Bertz CT molecular complexity index is 304. The summed E-state index contributed by atoms with van der Waals surface area (Å²) in [6, 6.07) is 3.95. The van der Waals surface area contributed by atoms with Crippen molar-refractivity contribution in [3.05, 3.63) is 29.6 Å². The Morgan fingerprint density at radius 2 is 2.21 bits per heavy atom. The molecule has 0 aliphatic heterocycles. The standard InChI is InChI=1S/C10H13F2NO/c1-14-10-6-7(2-3-9(10)12)8(11)4-5-13/h2-3,6,8H,4-5,13H2,1H3. The molecule has 1 rings (SSSR count). The van der Waals surface area contributed by atoms with Crippen LogP contribution in [0.25, 0.3) is 0 Å². The summed E-state index contributed by atoms with van der Waals surface area (Å²) in [5.41, 5.74) is 5.62. The molecule has 1 unspecified atom stereocenters. The number of rotatable bonds is 4. The predicted molar refractivity (Wildman–Crippen MR) is 50.5 cm³/mol. The molecule has 0 aromatic heterocycles. The predicted octanol–water partition coefficient (Wildman–Crippen LogP) is 2.19. The molecule has 14 heavy (non-hydrogen) atoms. The monoisotopic (exact) mass is 201 g/mol. The molecule has 0 aliphatic carbocycles. The van der Waals surface area contributed by atoms with Crippen LogP contribution in [0.3, 0.4) is 0 Å². The van der Waals surface area contributed by atoms with Gasteiger partial charge in [-0.2, -0.15) is 0 Å². The van der Waals surface area contributed by atoms with Crippen LogP contribution in [0.1, 0.15) is 18.2 Å². The minimum Gasteiger partial charge on any atom is -0.494 e. The molecule has 0 saturated carbocycles. The Morgan fingerprint density at radius 3 is 2.79 bits per heavy atom. The van der Waals surface area contributed by atoms with Gasteiger partial charge < -0.3 is 10.5 Å². The van der Waals surface area contributed by atoms with E-state index in [9.17, 15) is 8.78 Å². The summed E-state index contributed by atoms with van der Waals surface area (Å²) < 4.78 is 31.0. The average Bonchev–Trinajstić information content (AvgIpc) is 2.19. The van der Waals surface area contributed by atoms with Crippen LogP contribution in [-0.4, -0.2) is 13.7 Å². The molecule has 2 nitrogen and oxygen atoms in total. The highest BCUT2D eigenvalue weighted by Crippen LogP contribution is 2.26. The zero-order valence-corrected chi connectivity index (χ0v) is 7.97. The fourth-order valence-electron chi connectivity index (χ4n) is 1.18. The molecule has 0 bridgehead atoms. The third-order valence-electron chi connectivity index (χ3n) is 1.96. The molecule has 0 fully saturated rings. The third-order valence-corrected chi connectivity index (χ3v) is 1.96. The fourth-order valence-corrected chi connectivity index (χ4v) is 1.18. The Hall–Kier alpha value is -1.16. The molecule has 0 amide bonds. The number of nitrogens with two attached hydrogens (primary N) is 1. The van der Waals surface area contributed by atoms with Gasteiger partial charge in [0, 0.05) is 0 Å².